The largest absolute Gasteiger partial charge is 0.372 e. The van der Waals surface area contributed by atoms with Gasteiger partial charge in [-0.2, -0.15) is 5.10 Å². The average molecular weight is 380 g/mol. The Morgan fingerprint density at radius 3 is 1.96 bits per heavy atom. The van der Waals surface area contributed by atoms with Gasteiger partial charge >= 0.3 is 0 Å². The molecule has 1 N–H and O–H groups in total. The van der Waals surface area contributed by atoms with Gasteiger partial charge in [-0.1, -0.05) is 70.9 Å². The first-order valence-corrected chi connectivity index (χ1v) is 10.7. The Labute approximate surface area is 168 Å². The van der Waals surface area contributed by atoms with Crippen molar-refractivity contribution in [2.45, 2.75) is 53.4 Å². The molecule has 4 rings (SSSR count). The number of rotatable bonds is 2. The van der Waals surface area contributed by atoms with Crippen LogP contribution < -0.4 is 10.5 Å². The molecule has 1 aliphatic rings. The Kier molecular flexibility index (Phi) is 8.73. The van der Waals surface area contributed by atoms with E-state index in [0.717, 1.165) is 29.7 Å². The first-order valence-electron chi connectivity index (χ1n) is 10.7. The van der Waals surface area contributed by atoms with E-state index >= 15 is 0 Å². The summed E-state index contributed by atoms with van der Waals surface area (Å²) in [4.78, 5) is 14.4. The highest BCUT2D eigenvalue weighted by Gasteiger charge is 2.12. The predicted molar refractivity (Wildman–Crippen MR) is 121 cm³/mol. The maximum atomic E-state index is 11.9. The van der Waals surface area contributed by atoms with Crippen LogP contribution in [0, 0.1) is 0 Å². The normalized spacial score (nSPS) is 13.6. The van der Waals surface area contributed by atoms with Gasteiger partial charge in [0.2, 0.25) is 0 Å². The molecule has 0 saturated carbocycles. The van der Waals surface area contributed by atoms with Gasteiger partial charge in [-0.3, -0.25) is 4.79 Å². The van der Waals surface area contributed by atoms with Gasteiger partial charge in [0.05, 0.1) is 11.1 Å². The number of nitrogens with zero attached hydrogens (tertiary/aromatic N) is 2. The van der Waals surface area contributed by atoms with E-state index in [0.29, 0.717) is 5.39 Å². The molecule has 150 valence electrons. The quantitative estimate of drug-likeness (QED) is 0.592. The van der Waals surface area contributed by atoms with Gasteiger partial charge in [-0.25, -0.2) is 5.10 Å². The van der Waals surface area contributed by atoms with E-state index in [2.05, 4.69) is 39.4 Å². The summed E-state index contributed by atoms with van der Waals surface area (Å²) >= 11 is 0. The second-order valence-electron chi connectivity index (χ2n) is 6.40. The zero-order chi connectivity index (χ0) is 20.4. The lowest BCUT2D eigenvalue weighted by molar-refractivity contribution is 0.726. The summed E-state index contributed by atoms with van der Waals surface area (Å²) in [5.74, 6) is 0. The van der Waals surface area contributed by atoms with Crippen molar-refractivity contribution in [1.29, 1.82) is 0 Å². The van der Waals surface area contributed by atoms with E-state index in [9.17, 15) is 4.79 Å². The zero-order valence-corrected chi connectivity index (χ0v) is 17.7. The molecule has 0 atom stereocenters. The predicted octanol–water partition coefficient (Wildman–Crippen LogP) is 6.02. The fourth-order valence-electron chi connectivity index (χ4n) is 3.49. The minimum Gasteiger partial charge on any atom is -0.372 e. The molecule has 28 heavy (non-hydrogen) atoms. The van der Waals surface area contributed by atoms with Crippen molar-refractivity contribution < 1.29 is 0 Å². The van der Waals surface area contributed by atoms with Crippen molar-refractivity contribution >= 4 is 16.5 Å². The van der Waals surface area contributed by atoms with Crippen LogP contribution in [0.5, 0.6) is 0 Å². The Balaban J connectivity index is 0.000000660. The number of hydrogen-bond acceptors (Lipinski definition) is 3. The minimum absolute atomic E-state index is 0.143. The topological polar surface area (TPSA) is 49.0 Å². The second-order valence-corrected chi connectivity index (χ2v) is 6.40. The van der Waals surface area contributed by atoms with Crippen molar-refractivity contribution in [1.82, 2.24) is 10.2 Å². The molecule has 4 heteroatoms. The summed E-state index contributed by atoms with van der Waals surface area (Å²) in [6.45, 7) is 10.3. The lowest BCUT2D eigenvalue weighted by atomic mass is 10.0. The minimum atomic E-state index is -0.143. The highest BCUT2D eigenvalue weighted by atomic mass is 16.1. The van der Waals surface area contributed by atoms with E-state index < -0.39 is 0 Å². The molecule has 0 unspecified atom stereocenters. The van der Waals surface area contributed by atoms with Crippen molar-refractivity contribution in [2.75, 3.05) is 18.0 Å². The van der Waals surface area contributed by atoms with Crippen molar-refractivity contribution in [3.63, 3.8) is 0 Å². The van der Waals surface area contributed by atoms with Gasteiger partial charge in [-0.05, 0) is 31.0 Å². The van der Waals surface area contributed by atoms with Crippen LogP contribution in [-0.2, 0) is 0 Å². The first kappa shape index (κ1) is 21.7. The SMILES string of the molecule is CC.CC.O=c1[nH]nc(-c2ccc(N3CCCCCC3)cc2)c2ccccc12. The molecule has 1 aliphatic heterocycles. The van der Waals surface area contributed by atoms with Crippen LogP contribution in [0.1, 0.15) is 53.4 Å². The van der Waals surface area contributed by atoms with Crippen LogP contribution in [0.3, 0.4) is 0 Å². The van der Waals surface area contributed by atoms with Crippen LogP contribution in [-0.4, -0.2) is 23.3 Å². The number of fused-ring (bicyclic) bond motifs is 1. The number of hydrogen-bond donors (Lipinski definition) is 1. The molecule has 1 saturated heterocycles. The van der Waals surface area contributed by atoms with Crippen LogP contribution >= 0.6 is 0 Å². The monoisotopic (exact) mass is 379 g/mol. The van der Waals surface area contributed by atoms with Gasteiger partial charge in [-0.15, -0.1) is 0 Å². The van der Waals surface area contributed by atoms with Crippen molar-refractivity contribution in [3.8, 4) is 11.3 Å². The van der Waals surface area contributed by atoms with Crippen LogP contribution in [0.25, 0.3) is 22.0 Å². The smallest absolute Gasteiger partial charge is 0.272 e. The van der Waals surface area contributed by atoms with Gasteiger partial charge in [0.1, 0.15) is 0 Å². The number of benzene rings is 2. The summed E-state index contributed by atoms with van der Waals surface area (Å²) in [5.41, 5.74) is 2.98. The Bertz CT molecular complexity index is 892. The molecule has 1 aromatic heterocycles. The number of H-pyrrole nitrogens is 1. The van der Waals surface area contributed by atoms with Crippen LogP contribution in [0.4, 0.5) is 5.69 Å². The molecule has 4 nitrogen and oxygen atoms in total. The molecule has 0 radical (unpaired) electrons. The lowest BCUT2D eigenvalue weighted by Gasteiger charge is -2.22. The maximum Gasteiger partial charge on any atom is 0.272 e. The van der Waals surface area contributed by atoms with E-state index in [4.69, 9.17) is 0 Å². The third-order valence-electron chi connectivity index (χ3n) is 4.81. The standard InChI is InChI=1S/C20H21N3O.2C2H6/c24-20-18-8-4-3-7-17(18)19(21-22-20)15-9-11-16(12-10-15)23-13-5-1-2-6-14-23;2*1-2/h3-4,7-12H,1-2,5-6,13-14H2,(H,22,24);2*1-2H3. The Hall–Kier alpha value is -2.62. The molecule has 1 fully saturated rings. The molecule has 2 heterocycles. The second kappa shape index (κ2) is 11.3. The fourth-order valence-corrected chi connectivity index (χ4v) is 3.49. The summed E-state index contributed by atoms with van der Waals surface area (Å²) in [7, 11) is 0. The average Bonchev–Trinajstić information content (AvgIpc) is 3.07. The molecular formula is C24H33N3O. The number of aromatic amines is 1. The van der Waals surface area contributed by atoms with E-state index in [1.807, 2.05) is 52.0 Å². The number of nitrogens with one attached hydrogen (secondary N) is 1. The molecule has 0 amide bonds. The number of aromatic nitrogens is 2. The summed E-state index contributed by atoms with van der Waals surface area (Å²) in [6.07, 6.45) is 5.21. The third kappa shape index (κ3) is 5.00. The van der Waals surface area contributed by atoms with E-state index in [1.165, 1.54) is 31.4 Å². The van der Waals surface area contributed by atoms with Crippen molar-refractivity contribution in [2.24, 2.45) is 0 Å². The van der Waals surface area contributed by atoms with Gasteiger partial charge in [0, 0.05) is 29.7 Å². The lowest BCUT2D eigenvalue weighted by Crippen LogP contribution is -2.23. The Morgan fingerprint density at radius 1 is 0.786 bits per heavy atom. The molecule has 0 aliphatic carbocycles. The highest BCUT2D eigenvalue weighted by Crippen LogP contribution is 2.27. The molecule has 0 spiro atoms. The van der Waals surface area contributed by atoms with E-state index in [1.54, 1.807) is 0 Å². The van der Waals surface area contributed by atoms with E-state index in [-0.39, 0.29) is 5.56 Å². The molecule has 3 aromatic rings. The fraction of sp³-hybridized carbons (Fsp3) is 0.417. The number of anilines is 1. The molecule has 0 bridgehead atoms. The molecule has 2 aromatic carbocycles. The van der Waals surface area contributed by atoms with Crippen molar-refractivity contribution in [3.05, 3.63) is 58.9 Å². The molecular weight excluding hydrogens is 346 g/mol. The first-order chi connectivity index (χ1) is 13.8. The van der Waals surface area contributed by atoms with Gasteiger partial charge < -0.3 is 4.90 Å². The van der Waals surface area contributed by atoms with Gasteiger partial charge in [0.25, 0.3) is 5.56 Å². The summed E-state index contributed by atoms with van der Waals surface area (Å²) < 4.78 is 0. The van der Waals surface area contributed by atoms with Crippen LogP contribution in [0.15, 0.2) is 53.3 Å². The summed E-state index contributed by atoms with van der Waals surface area (Å²) in [5, 5.41) is 8.47. The Morgan fingerprint density at radius 2 is 1.36 bits per heavy atom. The zero-order valence-electron chi connectivity index (χ0n) is 17.7. The maximum absolute atomic E-state index is 11.9. The third-order valence-corrected chi connectivity index (χ3v) is 4.81. The van der Waals surface area contributed by atoms with Gasteiger partial charge in [0.15, 0.2) is 0 Å². The summed E-state index contributed by atoms with van der Waals surface area (Å²) in [6, 6.07) is 16.2. The van der Waals surface area contributed by atoms with Crippen LogP contribution in [0.2, 0.25) is 0 Å². The highest BCUT2D eigenvalue weighted by molar-refractivity contribution is 5.93.